The molecule has 0 spiro atoms. The number of hydrogen-bond acceptors (Lipinski definition) is 2. The van der Waals surface area contributed by atoms with Crippen molar-refractivity contribution in [1.82, 2.24) is 10.6 Å². The van der Waals surface area contributed by atoms with E-state index in [2.05, 4.69) is 50.8 Å². The topological polar surface area (TPSA) is 41.1 Å². The van der Waals surface area contributed by atoms with Crippen molar-refractivity contribution in [3.63, 3.8) is 0 Å². The maximum absolute atomic E-state index is 11.3. The van der Waals surface area contributed by atoms with E-state index < -0.39 is 0 Å². The summed E-state index contributed by atoms with van der Waals surface area (Å²) in [5.41, 5.74) is 1.19. The van der Waals surface area contributed by atoms with Crippen LogP contribution in [0.15, 0.2) is 34.8 Å². The number of nitrogens with one attached hydrogen (secondary N) is 2. The summed E-state index contributed by atoms with van der Waals surface area (Å²) in [6, 6.07) is 8.20. The summed E-state index contributed by atoms with van der Waals surface area (Å²) < 4.78 is 1.09. The van der Waals surface area contributed by atoms with Crippen LogP contribution < -0.4 is 10.6 Å². The van der Waals surface area contributed by atoms with Crippen molar-refractivity contribution >= 4 is 27.9 Å². The largest absolute Gasteiger partial charge is 0.355 e. The smallest absolute Gasteiger partial charge is 0.237 e. The van der Waals surface area contributed by atoms with Gasteiger partial charge < -0.3 is 10.6 Å². The predicted octanol–water partition coefficient (Wildman–Crippen LogP) is 2.33. The number of carbonyl (C=O) groups excluding carboxylic acids is 1. The molecule has 1 atom stereocenters. The highest BCUT2D eigenvalue weighted by Crippen LogP contribution is 2.11. The van der Waals surface area contributed by atoms with E-state index in [1.807, 2.05) is 12.1 Å². The average molecular weight is 309 g/mol. The van der Waals surface area contributed by atoms with Crippen LogP contribution in [0.1, 0.15) is 18.4 Å². The Hall–Kier alpha value is -1.13. The average Bonchev–Trinajstić information content (AvgIpc) is 2.77. The monoisotopic (exact) mass is 308 g/mol. The second-order valence-corrected chi connectivity index (χ2v) is 5.24. The summed E-state index contributed by atoms with van der Waals surface area (Å²) in [4.78, 5) is 11.3. The second kappa shape index (κ2) is 6.71. The summed E-state index contributed by atoms with van der Waals surface area (Å²) in [6.07, 6.45) is 6.06. The Morgan fingerprint density at radius 1 is 1.39 bits per heavy atom. The van der Waals surface area contributed by atoms with Gasteiger partial charge in [0.1, 0.15) is 0 Å². The van der Waals surface area contributed by atoms with Crippen molar-refractivity contribution in [3.8, 4) is 0 Å². The van der Waals surface area contributed by atoms with E-state index in [0.29, 0.717) is 0 Å². The van der Waals surface area contributed by atoms with Crippen molar-refractivity contribution in [1.29, 1.82) is 0 Å². The third-order valence-corrected chi connectivity index (χ3v) is 3.46. The molecule has 1 aliphatic heterocycles. The molecule has 0 bridgehead atoms. The molecule has 96 valence electrons. The zero-order valence-corrected chi connectivity index (χ0v) is 11.7. The Bertz CT molecular complexity index is 428. The van der Waals surface area contributed by atoms with Gasteiger partial charge in [0.2, 0.25) is 5.91 Å². The quantitative estimate of drug-likeness (QED) is 0.820. The molecule has 1 saturated heterocycles. The molecule has 1 aromatic rings. The number of benzene rings is 1. The van der Waals surface area contributed by atoms with Gasteiger partial charge in [-0.2, -0.15) is 0 Å². The van der Waals surface area contributed by atoms with Crippen LogP contribution in [0, 0.1) is 0 Å². The lowest BCUT2D eigenvalue weighted by molar-refractivity contribution is -0.120. The maximum atomic E-state index is 11.3. The number of amides is 1. The van der Waals surface area contributed by atoms with Crippen molar-refractivity contribution in [2.45, 2.75) is 18.9 Å². The Kier molecular flexibility index (Phi) is 4.96. The fourth-order valence-corrected chi connectivity index (χ4v) is 2.19. The predicted molar refractivity (Wildman–Crippen MR) is 77.2 cm³/mol. The zero-order valence-electron chi connectivity index (χ0n) is 10.2. The van der Waals surface area contributed by atoms with Gasteiger partial charge in [-0.1, -0.05) is 40.2 Å². The summed E-state index contributed by atoms with van der Waals surface area (Å²) in [7, 11) is 0. The molecule has 0 aromatic heterocycles. The minimum absolute atomic E-state index is 0.00563. The third kappa shape index (κ3) is 3.96. The highest BCUT2D eigenvalue weighted by molar-refractivity contribution is 9.10. The molecular weight excluding hydrogens is 292 g/mol. The molecule has 3 nitrogen and oxygen atoms in total. The van der Waals surface area contributed by atoms with Crippen LogP contribution >= 0.6 is 15.9 Å². The van der Waals surface area contributed by atoms with E-state index in [1.165, 1.54) is 5.56 Å². The molecular formula is C14H17BrN2O. The summed E-state index contributed by atoms with van der Waals surface area (Å²) in [5.74, 6) is 0.131. The van der Waals surface area contributed by atoms with Gasteiger partial charge in [-0.15, -0.1) is 0 Å². The molecule has 1 fully saturated rings. The van der Waals surface area contributed by atoms with Gasteiger partial charge in [0.05, 0.1) is 6.04 Å². The third-order valence-electron chi connectivity index (χ3n) is 2.93. The zero-order chi connectivity index (χ0) is 12.8. The van der Waals surface area contributed by atoms with Crippen LogP contribution in [-0.4, -0.2) is 25.0 Å². The highest BCUT2D eigenvalue weighted by Gasteiger charge is 2.22. The van der Waals surface area contributed by atoms with E-state index in [4.69, 9.17) is 0 Å². The van der Waals surface area contributed by atoms with Crippen molar-refractivity contribution in [3.05, 3.63) is 40.4 Å². The highest BCUT2D eigenvalue weighted by atomic mass is 79.9. The van der Waals surface area contributed by atoms with Crippen molar-refractivity contribution < 1.29 is 4.79 Å². The van der Waals surface area contributed by atoms with Gasteiger partial charge in [-0.25, -0.2) is 0 Å². The first-order valence-electron chi connectivity index (χ1n) is 6.19. The van der Waals surface area contributed by atoms with Crippen LogP contribution in [0.3, 0.4) is 0 Å². The minimum atomic E-state index is 0.00563. The van der Waals surface area contributed by atoms with Crippen LogP contribution in [0.2, 0.25) is 0 Å². The first-order valence-corrected chi connectivity index (χ1v) is 6.98. The van der Waals surface area contributed by atoms with Gasteiger partial charge in [-0.3, -0.25) is 4.79 Å². The van der Waals surface area contributed by atoms with Gasteiger partial charge in [0.25, 0.3) is 0 Å². The lowest BCUT2D eigenvalue weighted by Gasteiger charge is -2.07. The number of carbonyl (C=O) groups is 1. The van der Waals surface area contributed by atoms with Crippen LogP contribution in [-0.2, 0) is 4.79 Å². The fraction of sp³-hybridized carbons (Fsp3) is 0.357. The maximum Gasteiger partial charge on any atom is 0.237 e. The lowest BCUT2D eigenvalue weighted by atomic mass is 10.2. The molecule has 1 heterocycles. The molecule has 4 heteroatoms. The standard InChI is InChI=1S/C14H17BrN2O/c15-12-6-4-11(5-7-12)3-1-2-9-16-13-8-10-17-14(13)18/h1,3-7,13,16H,2,8-10H2,(H,17,18)/b3-1+. The fourth-order valence-electron chi connectivity index (χ4n) is 1.92. The Labute approximate surface area is 116 Å². The van der Waals surface area contributed by atoms with Gasteiger partial charge in [0.15, 0.2) is 0 Å². The van der Waals surface area contributed by atoms with E-state index in [9.17, 15) is 4.79 Å². The van der Waals surface area contributed by atoms with E-state index in [0.717, 1.165) is 30.4 Å². The summed E-state index contributed by atoms with van der Waals surface area (Å²) in [6.45, 7) is 1.64. The number of rotatable bonds is 5. The molecule has 2 rings (SSSR count). The van der Waals surface area contributed by atoms with E-state index in [-0.39, 0.29) is 11.9 Å². The molecule has 2 N–H and O–H groups in total. The van der Waals surface area contributed by atoms with Crippen molar-refractivity contribution in [2.75, 3.05) is 13.1 Å². The first kappa shape index (κ1) is 13.3. The number of hydrogen-bond donors (Lipinski definition) is 2. The van der Waals surface area contributed by atoms with Crippen LogP contribution in [0.4, 0.5) is 0 Å². The Morgan fingerprint density at radius 2 is 2.17 bits per heavy atom. The molecule has 0 aliphatic carbocycles. The molecule has 1 amide bonds. The van der Waals surface area contributed by atoms with Gasteiger partial charge >= 0.3 is 0 Å². The molecule has 0 saturated carbocycles. The van der Waals surface area contributed by atoms with Crippen LogP contribution in [0.5, 0.6) is 0 Å². The SMILES string of the molecule is O=C1NCCC1NCC/C=C/c1ccc(Br)cc1. The van der Waals surface area contributed by atoms with Gasteiger partial charge in [0, 0.05) is 11.0 Å². The minimum Gasteiger partial charge on any atom is -0.355 e. The normalized spacial score (nSPS) is 19.4. The first-order chi connectivity index (χ1) is 8.75. The molecule has 0 radical (unpaired) electrons. The Morgan fingerprint density at radius 3 is 2.83 bits per heavy atom. The number of halogens is 1. The van der Waals surface area contributed by atoms with Crippen LogP contribution in [0.25, 0.3) is 6.08 Å². The molecule has 1 aliphatic rings. The molecule has 1 unspecified atom stereocenters. The van der Waals surface area contributed by atoms with Crippen molar-refractivity contribution in [2.24, 2.45) is 0 Å². The lowest BCUT2D eigenvalue weighted by Crippen LogP contribution is -2.36. The van der Waals surface area contributed by atoms with E-state index in [1.54, 1.807) is 0 Å². The van der Waals surface area contributed by atoms with Gasteiger partial charge in [-0.05, 0) is 37.1 Å². The summed E-state index contributed by atoms with van der Waals surface area (Å²) >= 11 is 3.41. The Balaban J connectivity index is 1.68. The molecule has 18 heavy (non-hydrogen) atoms. The van der Waals surface area contributed by atoms with E-state index >= 15 is 0 Å². The summed E-state index contributed by atoms with van der Waals surface area (Å²) in [5, 5.41) is 6.07. The molecule has 1 aromatic carbocycles. The second-order valence-electron chi connectivity index (χ2n) is 4.33.